The molecule has 12 heteroatoms. The molecule has 0 aromatic heterocycles. The predicted octanol–water partition coefficient (Wildman–Crippen LogP) is 5.02. The number of alkyl halides is 2. The molecule has 3 N–H and O–H groups in total. The fraction of sp³-hybridized carbons (Fsp3) is 0.192. The molecule has 2 aliphatic rings. The van der Waals surface area contributed by atoms with Crippen LogP contribution in [0.2, 0.25) is 5.02 Å². The first-order valence-electron chi connectivity index (χ1n) is 11.2. The summed E-state index contributed by atoms with van der Waals surface area (Å²) in [6, 6.07) is 9.28. The van der Waals surface area contributed by atoms with Gasteiger partial charge in [0.15, 0.2) is 5.60 Å². The number of nitrogens with one attached hydrogen (secondary N) is 2. The summed E-state index contributed by atoms with van der Waals surface area (Å²) in [5.74, 6) is -2.05. The van der Waals surface area contributed by atoms with Crippen molar-refractivity contribution >= 4 is 34.9 Å². The SMILES string of the molecule is N#CCc1cc(NC(=O)N2CC(O)(C(F)F)c3cc(F)ccc32)c2c(c1)C(=O)N[C@@H]2c1cc(F)ccc1Cl. The standard InChI is InChI=1S/C26H17ClF4N4O3/c27-18-3-1-13(28)9-15(18)22-21-16(23(36)34-22)7-12(5-6-32)8-19(21)33-25(37)35-11-26(38,24(30)31)17-10-14(29)2-4-20(17)35/h1-4,7-10,22,24,38H,5,11H2,(H,33,37)(H,34,36)/t22-,26?/m1/s1. The molecule has 0 saturated carbocycles. The van der Waals surface area contributed by atoms with E-state index in [0.29, 0.717) is 5.56 Å². The first-order chi connectivity index (χ1) is 18.0. The molecular weight excluding hydrogens is 528 g/mol. The number of rotatable bonds is 4. The van der Waals surface area contributed by atoms with Crippen LogP contribution in [0.5, 0.6) is 0 Å². The zero-order valence-corrected chi connectivity index (χ0v) is 20.0. The van der Waals surface area contributed by atoms with E-state index < -0.39 is 53.7 Å². The lowest BCUT2D eigenvalue weighted by atomic mass is 9.94. The lowest BCUT2D eigenvalue weighted by Gasteiger charge is -2.24. The minimum atomic E-state index is -3.33. The molecule has 3 aromatic rings. The summed E-state index contributed by atoms with van der Waals surface area (Å²) < 4.78 is 55.5. The van der Waals surface area contributed by atoms with E-state index in [1.807, 2.05) is 6.07 Å². The highest BCUT2D eigenvalue weighted by Gasteiger charge is 2.50. The quantitative estimate of drug-likeness (QED) is 0.401. The first kappa shape index (κ1) is 25.5. The van der Waals surface area contributed by atoms with E-state index in [2.05, 4.69) is 10.6 Å². The Hall–Kier alpha value is -4.14. The second-order valence-electron chi connectivity index (χ2n) is 8.91. The van der Waals surface area contributed by atoms with Gasteiger partial charge in [-0.1, -0.05) is 11.6 Å². The summed E-state index contributed by atoms with van der Waals surface area (Å²) in [6.45, 7) is -0.869. The fourth-order valence-corrected chi connectivity index (χ4v) is 5.04. The number of nitrogens with zero attached hydrogens (tertiary/aromatic N) is 2. The van der Waals surface area contributed by atoms with Gasteiger partial charge >= 0.3 is 6.03 Å². The highest BCUT2D eigenvalue weighted by atomic mass is 35.5. The number of anilines is 2. The number of amides is 3. The number of hydrogen-bond acceptors (Lipinski definition) is 4. The van der Waals surface area contributed by atoms with Crippen molar-refractivity contribution in [2.24, 2.45) is 0 Å². The minimum absolute atomic E-state index is 0.0394. The van der Waals surface area contributed by atoms with Gasteiger partial charge in [0.1, 0.15) is 11.6 Å². The molecule has 0 aliphatic carbocycles. The number of fused-ring (bicyclic) bond motifs is 2. The molecular formula is C26H17ClF4N4O3. The van der Waals surface area contributed by atoms with Crippen LogP contribution in [0.3, 0.4) is 0 Å². The lowest BCUT2D eigenvalue weighted by molar-refractivity contribution is -0.0892. The van der Waals surface area contributed by atoms with E-state index in [4.69, 9.17) is 11.6 Å². The molecule has 0 saturated heterocycles. The van der Waals surface area contributed by atoms with E-state index in [0.717, 1.165) is 35.2 Å². The second kappa shape index (κ2) is 9.31. The van der Waals surface area contributed by atoms with Crippen LogP contribution in [0.1, 0.15) is 38.7 Å². The van der Waals surface area contributed by atoms with Gasteiger partial charge in [0.05, 0.1) is 30.8 Å². The van der Waals surface area contributed by atoms with Crippen LogP contribution in [-0.2, 0) is 12.0 Å². The maximum atomic E-state index is 14.1. The second-order valence-corrected chi connectivity index (χ2v) is 9.32. The zero-order chi connectivity index (χ0) is 27.4. The van der Waals surface area contributed by atoms with E-state index in [1.54, 1.807) is 0 Å². The maximum absolute atomic E-state index is 14.1. The Morgan fingerprint density at radius 3 is 2.63 bits per heavy atom. The molecule has 0 spiro atoms. The van der Waals surface area contributed by atoms with Gasteiger partial charge in [-0.25, -0.2) is 22.4 Å². The van der Waals surface area contributed by atoms with Gasteiger partial charge in [-0.3, -0.25) is 9.69 Å². The largest absolute Gasteiger partial charge is 0.377 e. The molecule has 7 nitrogen and oxygen atoms in total. The van der Waals surface area contributed by atoms with Crippen molar-refractivity contribution in [1.82, 2.24) is 5.32 Å². The van der Waals surface area contributed by atoms with E-state index in [-0.39, 0.29) is 39.5 Å². The van der Waals surface area contributed by atoms with Crippen LogP contribution in [0.4, 0.5) is 33.7 Å². The normalized spacial score (nSPS) is 19.7. The number of β-amino-alcohol motifs (C(OH)–C–C–N with tert-alkyl or cyclic N) is 1. The summed E-state index contributed by atoms with van der Waals surface area (Å²) in [5, 5.41) is 25.2. The number of urea groups is 1. The van der Waals surface area contributed by atoms with Gasteiger partial charge in [-0.2, -0.15) is 5.26 Å². The maximum Gasteiger partial charge on any atom is 0.326 e. The van der Waals surface area contributed by atoms with Gasteiger partial charge in [0, 0.05) is 33.0 Å². The van der Waals surface area contributed by atoms with Crippen LogP contribution in [-0.4, -0.2) is 30.0 Å². The average molecular weight is 545 g/mol. The number of carbonyl (C=O) groups excluding carboxylic acids is 2. The molecule has 1 unspecified atom stereocenters. The van der Waals surface area contributed by atoms with Crippen molar-refractivity contribution in [3.05, 3.63) is 93.0 Å². The third-order valence-corrected chi connectivity index (χ3v) is 6.91. The molecule has 38 heavy (non-hydrogen) atoms. The smallest absolute Gasteiger partial charge is 0.326 e. The van der Waals surface area contributed by atoms with Crippen molar-refractivity contribution in [1.29, 1.82) is 5.26 Å². The number of hydrogen-bond donors (Lipinski definition) is 3. The number of nitriles is 1. The highest BCUT2D eigenvalue weighted by molar-refractivity contribution is 6.31. The van der Waals surface area contributed by atoms with E-state index >= 15 is 0 Å². The molecule has 3 amide bonds. The van der Waals surface area contributed by atoms with Gasteiger partial charge in [-0.15, -0.1) is 0 Å². The van der Waals surface area contributed by atoms with Gasteiger partial charge < -0.3 is 15.7 Å². The Labute approximate surface area is 218 Å². The van der Waals surface area contributed by atoms with Gasteiger partial charge in [0.2, 0.25) is 0 Å². The Morgan fingerprint density at radius 1 is 1.21 bits per heavy atom. The number of halogens is 5. The number of carbonyl (C=O) groups is 2. The molecule has 5 rings (SSSR count). The summed E-state index contributed by atoms with van der Waals surface area (Å²) in [4.78, 5) is 27.1. The van der Waals surface area contributed by atoms with Crippen molar-refractivity contribution < 1.29 is 32.3 Å². The molecule has 0 bridgehead atoms. The minimum Gasteiger partial charge on any atom is -0.377 e. The zero-order valence-electron chi connectivity index (χ0n) is 19.2. The summed E-state index contributed by atoms with van der Waals surface area (Å²) in [5.41, 5.74) is -2.45. The first-order valence-corrected chi connectivity index (χ1v) is 11.6. The average Bonchev–Trinajstić information content (AvgIpc) is 3.36. The van der Waals surface area contributed by atoms with Crippen LogP contribution in [0, 0.1) is 23.0 Å². The summed E-state index contributed by atoms with van der Waals surface area (Å²) in [7, 11) is 0. The highest BCUT2D eigenvalue weighted by Crippen LogP contribution is 2.44. The molecule has 0 radical (unpaired) electrons. The number of aliphatic hydroxyl groups is 1. The molecule has 194 valence electrons. The van der Waals surface area contributed by atoms with Crippen molar-refractivity contribution in [2.75, 3.05) is 16.8 Å². The van der Waals surface area contributed by atoms with Crippen LogP contribution >= 0.6 is 11.6 Å². The Kier molecular flexibility index (Phi) is 6.25. The summed E-state index contributed by atoms with van der Waals surface area (Å²) in [6.07, 6.45) is -3.45. The Balaban J connectivity index is 1.59. The summed E-state index contributed by atoms with van der Waals surface area (Å²) >= 11 is 6.28. The Morgan fingerprint density at radius 2 is 1.92 bits per heavy atom. The van der Waals surface area contributed by atoms with Gasteiger partial charge in [0.25, 0.3) is 12.3 Å². The Bertz CT molecular complexity index is 1540. The van der Waals surface area contributed by atoms with Crippen LogP contribution in [0.25, 0.3) is 0 Å². The monoisotopic (exact) mass is 544 g/mol. The molecule has 0 fully saturated rings. The van der Waals surface area contributed by atoms with E-state index in [1.165, 1.54) is 18.2 Å². The van der Waals surface area contributed by atoms with Crippen molar-refractivity contribution in [3.63, 3.8) is 0 Å². The van der Waals surface area contributed by atoms with Crippen LogP contribution in [0.15, 0.2) is 48.5 Å². The molecule has 3 aromatic carbocycles. The molecule has 2 aliphatic heterocycles. The van der Waals surface area contributed by atoms with Gasteiger partial charge in [-0.05, 0) is 54.1 Å². The number of benzene rings is 3. The molecule has 2 atom stereocenters. The third-order valence-electron chi connectivity index (χ3n) is 6.56. The van der Waals surface area contributed by atoms with Crippen LogP contribution < -0.4 is 15.5 Å². The van der Waals surface area contributed by atoms with E-state index in [9.17, 15) is 37.5 Å². The lowest BCUT2D eigenvalue weighted by Crippen LogP contribution is -2.43. The van der Waals surface area contributed by atoms with Crippen molar-refractivity contribution in [2.45, 2.75) is 24.5 Å². The molecule has 2 heterocycles. The van der Waals surface area contributed by atoms with Crippen molar-refractivity contribution in [3.8, 4) is 6.07 Å². The predicted molar refractivity (Wildman–Crippen MR) is 129 cm³/mol. The fourth-order valence-electron chi connectivity index (χ4n) is 4.81. The topological polar surface area (TPSA) is 105 Å². The third kappa shape index (κ3) is 4.12.